The fourth-order valence-electron chi connectivity index (χ4n) is 3.44. The summed E-state index contributed by atoms with van der Waals surface area (Å²) in [6, 6.07) is 5.35. The lowest BCUT2D eigenvalue weighted by Crippen LogP contribution is -2.46. The van der Waals surface area contributed by atoms with Gasteiger partial charge in [0.25, 0.3) is 0 Å². The molecular formula is C20H26N6O2. The Balaban J connectivity index is 1.78. The van der Waals surface area contributed by atoms with Gasteiger partial charge in [0.1, 0.15) is 11.6 Å². The van der Waals surface area contributed by atoms with E-state index in [9.17, 15) is 9.59 Å². The second-order valence-corrected chi connectivity index (χ2v) is 7.26. The van der Waals surface area contributed by atoms with Gasteiger partial charge < -0.3 is 21.3 Å². The molecular weight excluding hydrogens is 356 g/mol. The summed E-state index contributed by atoms with van der Waals surface area (Å²) in [4.78, 5) is 35.6. The molecule has 1 saturated heterocycles. The summed E-state index contributed by atoms with van der Waals surface area (Å²) in [6.07, 6.45) is 5.00. The molecule has 2 aromatic rings. The first-order valence-corrected chi connectivity index (χ1v) is 9.36. The van der Waals surface area contributed by atoms with Crippen LogP contribution in [0, 0.1) is 12.8 Å². The minimum atomic E-state index is -0.676. The zero-order chi connectivity index (χ0) is 20.3. The van der Waals surface area contributed by atoms with E-state index in [0.29, 0.717) is 24.0 Å². The number of anilines is 3. The molecule has 2 amide bonds. The number of amides is 2. The van der Waals surface area contributed by atoms with Crippen molar-refractivity contribution in [2.24, 2.45) is 5.92 Å². The maximum absolute atomic E-state index is 12.9. The molecule has 28 heavy (non-hydrogen) atoms. The van der Waals surface area contributed by atoms with Crippen LogP contribution in [0.2, 0.25) is 0 Å². The standard InChI is InChI=1S/C20H26N6O2/c1-12-4-6-16(14-5-7-17(22-3)23-9-14)26(11-12)20(28)19(27)25-15-8-13(2)18(21)24-10-15/h5,7-10,12,16H,4,6,11H2,1-3H3,(H2,21,24)(H,22,23)(H,25,27)/t12-,16+/m0/s1. The van der Waals surface area contributed by atoms with Gasteiger partial charge in [-0.05, 0) is 48.9 Å². The molecule has 8 nitrogen and oxygen atoms in total. The van der Waals surface area contributed by atoms with Gasteiger partial charge in [-0.15, -0.1) is 0 Å². The Hall–Kier alpha value is -3.16. The highest BCUT2D eigenvalue weighted by atomic mass is 16.2. The summed E-state index contributed by atoms with van der Waals surface area (Å²) >= 11 is 0. The van der Waals surface area contributed by atoms with Crippen molar-refractivity contribution >= 4 is 29.1 Å². The monoisotopic (exact) mass is 382 g/mol. The molecule has 148 valence electrons. The van der Waals surface area contributed by atoms with Crippen molar-refractivity contribution in [1.29, 1.82) is 0 Å². The molecule has 1 aliphatic rings. The maximum Gasteiger partial charge on any atom is 0.313 e. The minimum absolute atomic E-state index is 0.167. The van der Waals surface area contributed by atoms with Crippen molar-refractivity contribution < 1.29 is 9.59 Å². The second kappa shape index (κ2) is 8.24. The highest BCUT2D eigenvalue weighted by molar-refractivity contribution is 6.39. The number of hydrogen-bond donors (Lipinski definition) is 3. The summed E-state index contributed by atoms with van der Waals surface area (Å²) in [5, 5.41) is 5.62. The van der Waals surface area contributed by atoms with Crippen LogP contribution < -0.4 is 16.4 Å². The van der Waals surface area contributed by atoms with E-state index in [1.165, 1.54) is 6.20 Å². The smallest absolute Gasteiger partial charge is 0.313 e. The summed E-state index contributed by atoms with van der Waals surface area (Å²) in [6.45, 7) is 4.41. The molecule has 0 unspecified atom stereocenters. The lowest BCUT2D eigenvalue weighted by molar-refractivity contribution is -0.146. The number of rotatable bonds is 3. The van der Waals surface area contributed by atoms with Gasteiger partial charge in [0.05, 0.1) is 17.9 Å². The molecule has 1 fully saturated rings. The molecule has 0 bridgehead atoms. The number of pyridine rings is 2. The zero-order valence-corrected chi connectivity index (χ0v) is 16.4. The fraction of sp³-hybridized carbons (Fsp3) is 0.400. The molecule has 3 heterocycles. The summed E-state index contributed by atoms with van der Waals surface area (Å²) in [5.74, 6) is 0.258. The van der Waals surface area contributed by atoms with Crippen LogP contribution in [0.1, 0.15) is 36.9 Å². The van der Waals surface area contributed by atoms with Gasteiger partial charge in [-0.1, -0.05) is 13.0 Å². The number of nitrogen functional groups attached to an aromatic ring is 1. The van der Waals surface area contributed by atoms with Gasteiger partial charge in [0, 0.05) is 19.8 Å². The highest BCUT2D eigenvalue weighted by Crippen LogP contribution is 2.33. The molecule has 0 saturated carbocycles. The van der Waals surface area contributed by atoms with E-state index in [-0.39, 0.29) is 6.04 Å². The average molecular weight is 382 g/mol. The van der Waals surface area contributed by atoms with Gasteiger partial charge >= 0.3 is 11.8 Å². The van der Waals surface area contributed by atoms with Gasteiger partial charge in [0.15, 0.2) is 0 Å². The number of carbonyl (C=O) groups is 2. The average Bonchev–Trinajstić information content (AvgIpc) is 2.70. The van der Waals surface area contributed by atoms with E-state index in [4.69, 9.17) is 5.73 Å². The number of hydrogen-bond acceptors (Lipinski definition) is 6. The maximum atomic E-state index is 12.9. The molecule has 0 aromatic carbocycles. The molecule has 0 spiro atoms. The molecule has 2 atom stereocenters. The third-order valence-electron chi connectivity index (χ3n) is 5.08. The van der Waals surface area contributed by atoms with Crippen LogP contribution in [-0.4, -0.2) is 40.3 Å². The zero-order valence-electron chi connectivity index (χ0n) is 16.4. The van der Waals surface area contributed by atoms with Crippen molar-refractivity contribution in [3.63, 3.8) is 0 Å². The molecule has 0 radical (unpaired) electrons. The Morgan fingerprint density at radius 2 is 2.00 bits per heavy atom. The number of piperidine rings is 1. The Morgan fingerprint density at radius 1 is 1.21 bits per heavy atom. The van der Waals surface area contributed by atoms with Crippen molar-refractivity contribution in [3.05, 3.63) is 41.7 Å². The SMILES string of the molecule is CNc1ccc([C@H]2CC[C@H](C)CN2C(=O)C(=O)Nc2cnc(N)c(C)c2)cn1. The predicted octanol–water partition coefficient (Wildman–Crippen LogP) is 2.35. The number of aryl methyl sites for hydroxylation is 1. The first-order valence-electron chi connectivity index (χ1n) is 9.36. The third kappa shape index (κ3) is 4.21. The molecule has 1 aliphatic heterocycles. The van der Waals surface area contributed by atoms with Crippen LogP contribution in [-0.2, 0) is 9.59 Å². The number of likely N-dealkylation sites (tertiary alicyclic amines) is 1. The lowest BCUT2D eigenvalue weighted by atomic mass is 9.90. The molecule has 3 rings (SSSR count). The number of nitrogens with zero attached hydrogens (tertiary/aromatic N) is 3. The van der Waals surface area contributed by atoms with Crippen molar-refractivity contribution in [2.75, 3.05) is 30.0 Å². The summed E-state index contributed by atoms with van der Waals surface area (Å²) in [5.41, 5.74) is 7.82. The quantitative estimate of drug-likeness (QED) is 0.702. The van der Waals surface area contributed by atoms with Crippen LogP contribution in [0.25, 0.3) is 0 Å². The van der Waals surface area contributed by atoms with Crippen molar-refractivity contribution in [2.45, 2.75) is 32.7 Å². The Morgan fingerprint density at radius 3 is 2.64 bits per heavy atom. The Labute approximate surface area is 164 Å². The Bertz CT molecular complexity index is 867. The normalized spacial score (nSPS) is 19.2. The van der Waals surface area contributed by atoms with E-state index < -0.39 is 11.8 Å². The topological polar surface area (TPSA) is 113 Å². The molecule has 0 aliphatic carbocycles. The Kier molecular flexibility index (Phi) is 5.77. The van der Waals surface area contributed by atoms with E-state index >= 15 is 0 Å². The highest BCUT2D eigenvalue weighted by Gasteiger charge is 2.34. The van der Waals surface area contributed by atoms with Gasteiger partial charge in [-0.3, -0.25) is 9.59 Å². The summed E-state index contributed by atoms with van der Waals surface area (Å²) in [7, 11) is 1.80. The van der Waals surface area contributed by atoms with Crippen LogP contribution in [0.3, 0.4) is 0 Å². The second-order valence-electron chi connectivity index (χ2n) is 7.26. The number of nitrogens with two attached hydrogens (primary N) is 1. The lowest BCUT2D eigenvalue weighted by Gasteiger charge is -2.38. The first kappa shape index (κ1) is 19.6. The van der Waals surface area contributed by atoms with Gasteiger partial charge in [0.2, 0.25) is 0 Å². The van der Waals surface area contributed by atoms with Gasteiger partial charge in [-0.25, -0.2) is 9.97 Å². The molecule has 8 heteroatoms. The van der Waals surface area contributed by atoms with Crippen LogP contribution in [0.4, 0.5) is 17.3 Å². The number of carbonyl (C=O) groups excluding carboxylic acids is 2. The summed E-state index contributed by atoms with van der Waals surface area (Å²) < 4.78 is 0. The van der Waals surface area contributed by atoms with Crippen molar-refractivity contribution in [3.8, 4) is 0 Å². The van der Waals surface area contributed by atoms with E-state index in [0.717, 1.165) is 29.8 Å². The number of nitrogens with one attached hydrogen (secondary N) is 2. The largest absolute Gasteiger partial charge is 0.383 e. The van der Waals surface area contributed by atoms with E-state index in [1.807, 2.05) is 12.1 Å². The molecule has 4 N–H and O–H groups in total. The van der Waals surface area contributed by atoms with E-state index in [2.05, 4.69) is 27.5 Å². The predicted molar refractivity (Wildman–Crippen MR) is 109 cm³/mol. The van der Waals surface area contributed by atoms with Gasteiger partial charge in [-0.2, -0.15) is 0 Å². The fourth-order valence-corrected chi connectivity index (χ4v) is 3.44. The first-order chi connectivity index (χ1) is 13.4. The van der Waals surface area contributed by atoms with Crippen LogP contribution in [0.5, 0.6) is 0 Å². The third-order valence-corrected chi connectivity index (χ3v) is 5.08. The number of aromatic nitrogens is 2. The van der Waals surface area contributed by atoms with E-state index in [1.54, 1.807) is 31.1 Å². The van der Waals surface area contributed by atoms with Crippen molar-refractivity contribution in [1.82, 2.24) is 14.9 Å². The van der Waals surface area contributed by atoms with Crippen LogP contribution in [0.15, 0.2) is 30.6 Å². The minimum Gasteiger partial charge on any atom is -0.383 e. The van der Waals surface area contributed by atoms with Crippen LogP contribution >= 0.6 is 0 Å². The molecule has 2 aromatic heterocycles.